The molecule has 0 aliphatic heterocycles. The lowest BCUT2D eigenvalue weighted by atomic mass is 9.86. The number of hydrogen-bond donors (Lipinski definition) is 1. The summed E-state index contributed by atoms with van der Waals surface area (Å²) in [6.07, 6.45) is 0. The van der Waals surface area contributed by atoms with Gasteiger partial charge in [0.25, 0.3) is 0 Å². The first kappa shape index (κ1) is 12.7. The molecule has 0 unspecified atom stereocenters. The van der Waals surface area contributed by atoms with Gasteiger partial charge in [0.1, 0.15) is 0 Å². The van der Waals surface area contributed by atoms with Crippen molar-refractivity contribution in [2.75, 3.05) is 5.73 Å². The SMILES string of the molecule is Cc1ccc(C)n1-c1ccc(C(C)(C)C)cc1N. The van der Waals surface area contributed by atoms with Crippen molar-refractivity contribution in [3.63, 3.8) is 0 Å². The standard InChI is InChI=1S/C16H22N2/c1-11-6-7-12(2)18(11)15-9-8-13(10-14(15)17)16(3,4)5/h6-10H,17H2,1-5H3. The molecule has 0 aliphatic carbocycles. The Labute approximate surface area is 109 Å². The maximum Gasteiger partial charge on any atom is 0.0685 e. The average Bonchev–Trinajstić information content (AvgIpc) is 2.58. The van der Waals surface area contributed by atoms with Gasteiger partial charge in [0, 0.05) is 11.4 Å². The van der Waals surface area contributed by atoms with E-state index in [1.54, 1.807) is 0 Å². The molecule has 18 heavy (non-hydrogen) atoms. The summed E-state index contributed by atoms with van der Waals surface area (Å²) in [6.45, 7) is 10.8. The van der Waals surface area contributed by atoms with E-state index >= 15 is 0 Å². The van der Waals surface area contributed by atoms with Gasteiger partial charge < -0.3 is 10.3 Å². The Morgan fingerprint density at radius 1 is 0.944 bits per heavy atom. The predicted molar refractivity (Wildman–Crippen MR) is 78.4 cm³/mol. The van der Waals surface area contributed by atoms with E-state index in [1.165, 1.54) is 17.0 Å². The molecule has 0 fully saturated rings. The Morgan fingerprint density at radius 2 is 1.50 bits per heavy atom. The molecule has 1 aromatic heterocycles. The summed E-state index contributed by atoms with van der Waals surface area (Å²) >= 11 is 0. The molecule has 0 amide bonds. The summed E-state index contributed by atoms with van der Waals surface area (Å²) in [5.74, 6) is 0. The lowest BCUT2D eigenvalue weighted by Crippen LogP contribution is -2.12. The molecule has 1 aromatic carbocycles. The lowest BCUT2D eigenvalue weighted by Gasteiger charge is -2.21. The molecule has 0 saturated carbocycles. The molecule has 0 atom stereocenters. The smallest absolute Gasteiger partial charge is 0.0685 e. The van der Waals surface area contributed by atoms with Crippen LogP contribution in [0.15, 0.2) is 30.3 Å². The Kier molecular flexibility index (Phi) is 2.97. The van der Waals surface area contributed by atoms with Crippen LogP contribution < -0.4 is 5.73 Å². The highest BCUT2D eigenvalue weighted by Gasteiger charge is 2.15. The number of nitrogens with zero attached hydrogens (tertiary/aromatic N) is 1. The monoisotopic (exact) mass is 242 g/mol. The largest absolute Gasteiger partial charge is 0.397 e. The molecule has 0 aliphatic rings. The molecule has 2 rings (SSSR count). The Balaban J connectivity index is 2.55. The number of hydrogen-bond acceptors (Lipinski definition) is 1. The van der Waals surface area contributed by atoms with Crippen molar-refractivity contribution < 1.29 is 0 Å². The zero-order chi connectivity index (χ0) is 13.5. The number of rotatable bonds is 1. The molecule has 0 radical (unpaired) electrons. The van der Waals surface area contributed by atoms with Crippen LogP contribution in [0, 0.1) is 13.8 Å². The fraction of sp³-hybridized carbons (Fsp3) is 0.375. The van der Waals surface area contributed by atoms with Gasteiger partial charge >= 0.3 is 0 Å². The van der Waals surface area contributed by atoms with Crippen molar-refractivity contribution in [3.8, 4) is 5.69 Å². The number of nitrogen functional groups attached to an aromatic ring is 1. The maximum atomic E-state index is 6.23. The van der Waals surface area contributed by atoms with Gasteiger partial charge in [-0.2, -0.15) is 0 Å². The van der Waals surface area contributed by atoms with E-state index < -0.39 is 0 Å². The van der Waals surface area contributed by atoms with Crippen LogP contribution >= 0.6 is 0 Å². The van der Waals surface area contributed by atoms with Crippen LogP contribution in [0.3, 0.4) is 0 Å². The minimum atomic E-state index is 0.132. The van der Waals surface area contributed by atoms with Crippen LogP contribution in [0.2, 0.25) is 0 Å². The summed E-state index contributed by atoms with van der Waals surface area (Å²) in [5.41, 5.74) is 12.0. The van der Waals surface area contributed by atoms with Crippen LogP contribution in [0.25, 0.3) is 5.69 Å². The number of nitrogens with two attached hydrogens (primary N) is 1. The molecule has 0 spiro atoms. The highest BCUT2D eigenvalue weighted by molar-refractivity contribution is 5.61. The van der Waals surface area contributed by atoms with E-state index in [2.05, 4.69) is 69.5 Å². The third-order valence-electron chi connectivity index (χ3n) is 3.41. The average molecular weight is 242 g/mol. The second kappa shape index (κ2) is 4.20. The van der Waals surface area contributed by atoms with Crippen LogP contribution in [0.4, 0.5) is 5.69 Å². The molecule has 96 valence electrons. The van der Waals surface area contributed by atoms with Crippen LogP contribution in [0.5, 0.6) is 0 Å². The Morgan fingerprint density at radius 3 is 1.94 bits per heavy atom. The fourth-order valence-corrected chi connectivity index (χ4v) is 2.27. The van der Waals surface area contributed by atoms with E-state index in [-0.39, 0.29) is 5.41 Å². The molecular formula is C16H22N2. The molecule has 2 N–H and O–H groups in total. The molecule has 2 aromatic rings. The third kappa shape index (κ3) is 2.15. The van der Waals surface area contributed by atoms with Gasteiger partial charge in [0.15, 0.2) is 0 Å². The summed E-state index contributed by atoms with van der Waals surface area (Å²) in [7, 11) is 0. The highest BCUT2D eigenvalue weighted by Crippen LogP contribution is 2.29. The topological polar surface area (TPSA) is 30.9 Å². The number of benzene rings is 1. The molecule has 0 saturated heterocycles. The first-order valence-electron chi connectivity index (χ1n) is 6.36. The number of aryl methyl sites for hydroxylation is 2. The van der Waals surface area contributed by atoms with Crippen molar-refractivity contribution in [2.45, 2.75) is 40.0 Å². The van der Waals surface area contributed by atoms with Crippen LogP contribution in [-0.2, 0) is 5.41 Å². The Hall–Kier alpha value is -1.70. The maximum absolute atomic E-state index is 6.23. The van der Waals surface area contributed by atoms with E-state index in [9.17, 15) is 0 Å². The molecular weight excluding hydrogens is 220 g/mol. The fourth-order valence-electron chi connectivity index (χ4n) is 2.27. The normalized spacial score (nSPS) is 11.8. The zero-order valence-electron chi connectivity index (χ0n) is 11.9. The molecule has 0 bridgehead atoms. The van der Waals surface area contributed by atoms with Gasteiger partial charge in [-0.05, 0) is 49.1 Å². The first-order valence-corrected chi connectivity index (χ1v) is 6.36. The van der Waals surface area contributed by atoms with E-state index in [1.807, 2.05) is 0 Å². The van der Waals surface area contributed by atoms with Crippen molar-refractivity contribution in [2.24, 2.45) is 0 Å². The number of aromatic nitrogens is 1. The van der Waals surface area contributed by atoms with Gasteiger partial charge in [-0.15, -0.1) is 0 Å². The molecule has 1 heterocycles. The predicted octanol–water partition coefficient (Wildman–Crippen LogP) is 3.97. The van der Waals surface area contributed by atoms with Crippen molar-refractivity contribution in [1.29, 1.82) is 0 Å². The summed E-state index contributed by atoms with van der Waals surface area (Å²) in [5, 5.41) is 0. The van der Waals surface area contributed by atoms with Gasteiger partial charge in [-0.25, -0.2) is 0 Å². The number of anilines is 1. The van der Waals surface area contributed by atoms with Crippen LogP contribution in [-0.4, -0.2) is 4.57 Å². The summed E-state index contributed by atoms with van der Waals surface area (Å²) in [4.78, 5) is 0. The van der Waals surface area contributed by atoms with Crippen molar-refractivity contribution in [1.82, 2.24) is 4.57 Å². The van der Waals surface area contributed by atoms with Gasteiger partial charge in [-0.1, -0.05) is 26.8 Å². The minimum absolute atomic E-state index is 0.132. The van der Waals surface area contributed by atoms with E-state index in [0.717, 1.165) is 11.4 Å². The Bertz CT molecular complexity index is 552. The minimum Gasteiger partial charge on any atom is -0.397 e. The second-order valence-electron chi connectivity index (χ2n) is 5.98. The zero-order valence-corrected chi connectivity index (χ0v) is 11.9. The van der Waals surface area contributed by atoms with Gasteiger partial charge in [0.05, 0.1) is 11.4 Å². The second-order valence-corrected chi connectivity index (χ2v) is 5.98. The van der Waals surface area contributed by atoms with Gasteiger partial charge in [0.2, 0.25) is 0 Å². The van der Waals surface area contributed by atoms with Crippen molar-refractivity contribution >= 4 is 5.69 Å². The summed E-state index contributed by atoms with van der Waals surface area (Å²) in [6, 6.07) is 10.6. The highest BCUT2D eigenvalue weighted by atomic mass is 15.0. The molecule has 2 heteroatoms. The first-order chi connectivity index (χ1) is 8.30. The van der Waals surface area contributed by atoms with Gasteiger partial charge in [-0.3, -0.25) is 0 Å². The van der Waals surface area contributed by atoms with Crippen molar-refractivity contribution in [3.05, 3.63) is 47.3 Å². The van der Waals surface area contributed by atoms with Crippen LogP contribution in [0.1, 0.15) is 37.7 Å². The summed E-state index contributed by atoms with van der Waals surface area (Å²) < 4.78 is 2.20. The van der Waals surface area contributed by atoms with E-state index in [0.29, 0.717) is 0 Å². The quantitative estimate of drug-likeness (QED) is 0.754. The lowest BCUT2D eigenvalue weighted by molar-refractivity contribution is 0.590. The molecule has 2 nitrogen and oxygen atoms in total. The van der Waals surface area contributed by atoms with E-state index in [4.69, 9.17) is 5.73 Å². The third-order valence-corrected chi connectivity index (χ3v) is 3.41.